The van der Waals surface area contributed by atoms with Crippen LogP contribution in [0.1, 0.15) is 143 Å². The second-order valence-corrected chi connectivity index (χ2v) is 32.9. The molecule has 121 heavy (non-hydrogen) atoms. The normalized spacial score (nSPS) is 16.0. The molecule has 31 nitrogen and oxygen atoms in total. The van der Waals surface area contributed by atoms with E-state index in [4.69, 9.17) is 9.47 Å². The number of aromatic hydroxyl groups is 1. The number of anilines is 8. The van der Waals surface area contributed by atoms with Gasteiger partial charge in [0.25, 0.3) is 37.8 Å². The number of ether oxygens (including phenoxy) is 2. The lowest BCUT2D eigenvalue weighted by atomic mass is 9.75. The Bertz CT molecular complexity index is 6930. The summed E-state index contributed by atoms with van der Waals surface area (Å²) in [5.74, 6) is -3.15. The van der Waals surface area contributed by atoms with Crippen LogP contribution in [-0.2, 0) is 45.5 Å². The number of hydrogen-bond donors (Lipinski definition) is 9. The number of rotatable bonds is 25. The van der Waals surface area contributed by atoms with Crippen molar-refractivity contribution in [2.75, 3.05) is 26.6 Å². The Hall–Kier alpha value is -14.5. The number of hydrogen-bond acceptors (Lipinski definition) is 26. The van der Waals surface area contributed by atoms with Gasteiger partial charge in [-0.15, -0.1) is 0 Å². The van der Waals surface area contributed by atoms with Crippen molar-refractivity contribution in [2.24, 2.45) is 25.9 Å². The highest BCUT2D eigenvalue weighted by Crippen LogP contribution is 2.48. The fourth-order valence-electron chi connectivity index (χ4n) is 17.0. The number of fused-ring (bicyclic) bond motifs is 4. The van der Waals surface area contributed by atoms with Crippen LogP contribution in [0.15, 0.2) is 207 Å². The molecule has 4 aromatic heterocycles. The van der Waals surface area contributed by atoms with Gasteiger partial charge in [0.15, 0.2) is 23.1 Å². The van der Waals surface area contributed by atoms with Gasteiger partial charge in [0, 0.05) is 94.2 Å². The summed E-state index contributed by atoms with van der Waals surface area (Å²) < 4.78 is 87.6. The van der Waals surface area contributed by atoms with E-state index in [9.17, 15) is 74.5 Å². The lowest BCUT2D eigenvalue weighted by Gasteiger charge is -2.34. The Morgan fingerprint density at radius 3 is 1.48 bits per heavy atom. The molecule has 9 N–H and O–H groups in total. The number of nitrogens with zero attached hydrogens (tertiary/aromatic N) is 8. The van der Waals surface area contributed by atoms with Gasteiger partial charge in [0.2, 0.25) is 17.8 Å². The maximum absolute atomic E-state index is 14.9. The topological polar surface area (TPSA) is 452 Å². The monoisotopic (exact) mass is 1660 g/mol. The van der Waals surface area contributed by atoms with Crippen LogP contribution in [0.3, 0.4) is 0 Å². The first-order valence-corrected chi connectivity index (χ1v) is 41.4. The molecule has 0 radical (unpaired) electrons. The number of carbonyl (C=O) groups excluding carboxylic acids is 5. The predicted octanol–water partition coefficient (Wildman–Crippen LogP) is 13.7. The third-order valence-electron chi connectivity index (χ3n) is 22.6. The third-order valence-corrected chi connectivity index (χ3v) is 24.4. The van der Waals surface area contributed by atoms with Crippen molar-refractivity contribution in [2.45, 2.75) is 86.1 Å². The SMILES string of the molecule is Cn1c(=O)c(C(=O)c2ccccc2)c2c3c(c(Nc4ccc(S(=O)(=O)O)c(Cc5nc(O)nc(NC6CCC(CC7CCC(Nc8nc(Nc9ccc(S(=O)(=O)O)c(Nc%10ccc%11c%12c%10C(=O)c%10ccccc%10-c%12c(C(=O)c%10ccccc%10)c(=O)n%11C)c9)nc(Oc9cc(OC=O)cc(C(=O)O)c9)n8)CC7)CC6)n5)c4)ccc31)C(=O)c1ccccc1-2. The number of carboxylic acids is 1. The van der Waals surface area contributed by atoms with Gasteiger partial charge in [-0.3, -0.25) is 42.7 Å². The molecule has 0 saturated heterocycles. The first kappa shape index (κ1) is 79.0. The third kappa shape index (κ3) is 15.4. The van der Waals surface area contributed by atoms with E-state index in [1.54, 1.807) is 127 Å². The van der Waals surface area contributed by atoms with Gasteiger partial charge in [-0.05, 0) is 159 Å². The second-order valence-electron chi connectivity index (χ2n) is 30.1. The molecule has 17 rings (SSSR count). The van der Waals surface area contributed by atoms with Crippen LogP contribution in [0.5, 0.6) is 23.5 Å². The Labute approximate surface area is 688 Å². The maximum atomic E-state index is 14.9. The van der Waals surface area contributed by atoms with Gasteiger partial charge in [-0.1, -0.05) is 109 Å². The number of pyridine rings is 2. The van der Waals surface area contributed by atoms with Crippen molar-refractivity contribution >= 4 is 124 Å². The molecule has 33 heteroatoms. The molecule has 4 heterocycles. The van der Waals surface area contributed by atoms with Crippen molar-refractivity contribution in [3.8, 4) is 45.8 Å². The van der Waals surface area contributed by atoms with Crippen molar-refractivity contribution < 1.29 is 74.4 Å². The van der Waals surface area contributed by atoms with Crippen LogP contribution in [0.2, 0.25) is 0 Å². The van der Waals surface area contributed by atoms with Crippen molar-refractivity contribution in [1.29, 1.82) is 0 Å². The van der Waals surface area contributed by atoms with Crippen LogP contribution in [0.25, 0.3) is 44.1 Å². The van der Waals surface area contributed by atoms with E-state index < -0.39 is 76.3 Å². The number of carbonyl (C=O) groups is 6. The minimum atomic E-state index is -5.03. The van der Waals surface area contributed by atoms with Crippen LogP contribution in [-0.4, -0.2) is 123 Å². The summed E-state index contributed by atoms with van der Waals surface area (Å²) in [5.41, 5.74) is 1.74. The fraction of sp³-hybridized carbons (Fsp3) is 0.182. The number of aryl methyl sites for hydroxylation is 2. The molecule has 0 atom stereocenters. The van der Waals surface area contributed by atoms with E-state index in [0.717, 1.165) is 63.1 Å². The van der Waals surface area contributed by atoms with E-state index in [1.807, 2.05) is 0 Å². The smallest absolute Gasteiger partial charge is 0.335 e. The first-order chi connectivity index (χ1) is 58.2. The summed E-state index contributed by atoms with van der Waals surface area (Å²) in [7, 11) is -6.89. The summed E-state index contributed by atoms with van der Waals surface area (Å²) in [5, 5.41) is 37.7. The molecule has 0 spiro atoms. The number of carboxylic acid groups (broad SMARTS) is 1. The van der Waals surface area contributed by atoms with Gasteiger partial charge >= 0.3 is 18.0 Å². The Morgan fingerprint density at radius 2 is 0.959 bits per heavy atom. The minimum absolute atomic E-state index is 0.0000508. The molecular weight excluding hydrogens is 1590 g/mol. The standard InChI is InChI=1S/C88H71N13O18S2/c1-100-64-33-31-61(71-73(64)69(57-17-9-11-19-59(57)79(71)105)75(81(100)107)77(103)47-13-5-3-6-14-47)89-53-29-35-66(120(112,113)114)49(38-53)41-68-94-84(97-87(111)95-68)90-51-25-21-45(22-26-51)37-46-23-27-52(28-24-46)91-85-96-86(99-88(98-85)119-56-40-50(83(109)110)39-55(43-56)118-44-102)92-54-30-36-67(121(115,116)117)63(42-54)93-62-32-34-65-74-70(58-18-10-12-20-60(58)80(106)72(62)74)76(82(108)101(65)2)78(104)48-15-7-4-8-16-48/h3-20,29-36,38-40,42-46,51-52,89,93H,21-28,37,41H2,1-2H3,(H,109,110)(H,112,113,114)(H,115,116,117)(H2,90,94,95,97,111)(H2,91,92,96,98,99). The van der Waals surface area contributed by atoms with Gasteiger partial charge in [-0.2, -0.15) is 46.7 Å². The molecular formula is C88H71N13O18S2. The highest BCUT2D eigenvalue weighted by Gasteiger charge is 2.38. The van der Waals surface area contributed by atoms with Gasteiger partial charge in [-0.25, -0.2) is 4.79 Å². The number of aromatic carboxylic acids is 1. The summed E-state index contributed by atoms with van der Waals surface area (Å²) in [6, 6.07) is 46.1. The van der Waals surface area contributed by atoms with Gasteiger partial charge < -0.3 is 55.4 Å². The fourth-order valence-corrected chi connectivity index (χ4v) is 18.3. The lowest BCUT2D eigenvalue weighted by molar-refractivity contribution is -0.120. The van der Waals surface area contributed by atoms with Crippen molar-refractivity contribution in [1.82, 2.24) is 39.0 Å². The van der Waals surface area contributed by atoms with Crippen LogP contribution in [0.4, 0.5) is 46.3 Å². The van der Waals surface area contributed by atoms with Gasteiger partial charge in [0.05, 0.1) is 60.8 Å². The molecule has 9 aromatic carbocycles. The molecule has 0 aliphatic heterocycles. The van der Waals surface area contributed by atoms with Crippen molar-refractivity contribution in [3.63, 3.8) is 0 Å². The molecule has 4 aliphatic carbocycles. The zero-order chi connectivity index (χ0) is 84.4. The summed E-state index contributed by atoms with van der Waals surface area (Å²) in [6.45, 7) is 0.114. The van der Waals surface area contributed by atoms with E-state index in [0.29, 0.717) is 57.8 Å². The Kier molecular flexibility index (Phi) is 20.7. The molecule has 0 unspecified atom stereocenters. The number of nitrogens with one attached hydrogen (secondary N) is 5. The largest absolute Gasteiger partial charge is 0.479 e. The molecule has 2 saturated carbocycles. The number of aromatic nitrogens is 8. The van der Waals surface area contributed by atoms with Gasteiger partial charge in [0.1, 0.15) is 22.2 Å². The molecule has 0 amide bonds. The average Bonchev–Trinajstić information content (AvgIpc) is 0.710. The minimum Gasteiger partial charge on any atom is -0.479 e. The van der Waals surface area contributed by atoms with Crippen LogP contribution in [0, 0.1) is 11.8 Å². The zero-order valence-electron chi connectivity index (χ0n) is 64.3. The second kappa shape index (κ2) is 31.7. The Balaban J connectivity index is 0.579. The van der Waals surface area contributed by atoms with E-state index in [-0.39, 0.29) is 161 Å². The van der Waals surface area contributed by atoms with Crippen LogP contribution < -0.4 is 47.2 Å². The average molecular weight is 1660 g/mol. The highest BCUT2D eigenvalue weighted by atomic mass is 32.2. The summed E-state index contributed by atoms with van der Waals surface area (Å²) in [6.07, 6.45) is 6.77. The maximum Gasteiger partial charge on any atom is 0.335 e. The zero-order valence-corrected chi connectivity index (χ0v) is 65.9. The molecule has 608 valence electrons. The van der Waals surface area contributed by atoms with Crippen LogP contribution >= 0.6 is 0 Å². The summed E-state index contributed by atoms with van der Waals surface area (Å²) >= 11 is 0. The molecule has 2 fully saturated rings. The molecule has 4 aliphatic rings. The lowest BCUT2D eigenvalue weighted by Crippen LogP contribution is -2.30. The quantitative estimate of drug-likeness (QED) is 0.0146. The van der Waals surface area contributed by atoms with E-state index in [2.05, 4.69) is 56.5 Å². The Morgan fingerprint density at radius 1 is 0.479 bits per heavy atom. The molecule has 13 aromatic rings. The predicted molar refractivity (Wildman–Crippen MR) is 446 cm³/mol. The van der Waals surface area contributed by atoms with E-state index >= 15 is 0 Å². The number of ketones is 4. The van der Waals surface area contributed by atoms with Crippen molar-refractivity contribution in [3.05, 3.63) is 270 Å². The highest BCUT2D eigenvalue weighted by molar-refractivity contribution is 7.86. The molecule has 0 bridgehead atoms. The number of benzene rings is 9. The van der Waals surface area contributed by atoms with E-state index in [1.165, 1.54) is 65.7 Å². The first-order valence-electron chi connectivity index (χ1n) is 38.5. The summed E-state index contributed by atoms with van der Waals surface area (Å²) in [4.78, 5) is 136.